The molecule has 1 unspecified atom stereocenters. The number of anilines is 2. The van der Waals surface area contributed by atoms with E-state index >= 15 is 0 Å². The highest BCUT2D eigenvalue weighted by atomic mass is 79.9. The number of fused-ring (bicyclic) bond motifs is 1. The van der Waals surface area contributed by atoms with Crippen molar-refractivity contribution in [2.24, 2.45) is 0 Å². The first-order valence-corrected chi connectivity index (χ1v) is 11.3. The van der Waals surface area contributed by atoms with Crippen molar-refractivity contribution in [3.8, 4) is 5.75 Å². The lowest BCUT2D eigenvalue weighted by Gasteiger charge is -2.29. The first-order chi connectivity index (χ1) is 12.9. The van der Waals surface area contributed by atoms with E-state index in [1.165, 1.54) is 4.31 Å². The zero-order chi connectivity index (χ0) is 19.6. The van der Waals surface area contributed by atoms with Gasteiger partial charge in [-0.05, 0) is 40.5 Å². The van der Waals surface area contributed by atoms with Crippen LogP contribution < -0.4 is 9.64 Å². The van der Waals surface area contributed by atoms with Crippen molar-refractivity contribution in [1.82, 2.24) is 4.31 Å². The number of hydrogen-bond acceptors (Lipinski definition) is 4. The molecular weight excluding hydrogens is 428 g/mol. The van der Waals surface area contributed by atoms with Crippen LogP contribution in [0.2, 0.25) is 0 Å². The minimum absolute atomic E-state index is 0.104. The highest BCUT2D eigenvalue weighted by molar-refractivity contribution is 9.10. The molecular formula is C20H25BrN2O3S. The zero-order valence-electron chi connectivity index (χ0n) is 15.9. The average molecular weight is 453 g/mol. The van der Waals surface area contributed by atoms with Crippen LogP contribution in [0.15, 0.2) is 51.8 Å². The number of sulfonamides is 1. The summed E-state index contributed by atoms with van der Waals surface area (Å²) < 4.78 is 34.4. The first kappa shape index (κ1) is 20.2. The Labute approximate surface area is 170 Å². The Kier molecular flexibility index (Phi) is 6.13. The molecule has 27 heavy (non-hydrogen) atoms. The second-order valence-corrected chi connectivity index (χ2v) is 9.54. The van der Waals surface area contributed by atoms with Gasteiger partial charge in [-0.1, -0.05) is 38.0 Å². The van der Waals surface area contributed by atoms with Gasteiger partial charge in [-0.15, -0.1) is 0 Å². The predicted molar refractivity (Wildman–Crippen MR) is 112 cm³/mol. The third-order valence-electron chi connectivity index (χ3n) is 5.05. The molecule has 0 bridgehead atoms. The van der Waals surface area contributed by atoms with Crippen LogP contribution in [-0.4, -0.2) is 39.5 Å². The van der Waals surface area contributed by atoms with Gasteiger partial charge < -0.3 is 9.64 Å². The van der Waals surface area contributed by atoms with Crippen molar-refractivity contribution in [3.05, 3.63) is 46.9 Å². The first-order valence-electron chi connectivity index (χ1n) is 9.08. The highest BCUT2D eigenvalue weighted by Gasteiger charge is 2.37. The fourth-order valence-corrected chi connectivity index (χ4v) is 5.50. The van der Waals surface area contributed by atoms with Gasteiger partial charge in [-0.2, -0.15) is 4.31 Å². The van der Waals surface area contributed by atoms with E-state index < -0.39 is 10.0 Å². The molecule has 1 heterocycles. The molecule has 0 fully saturated rings. The summed E-state index contributed by atoms with van der Waals surface area (Å²) in [6.07, 6.45) is 2.83. The number of benzene rings is 2. The van der Waals surface area contributed by atoms with E-state index in [0.717, 1.165) is 29.4 Å². The van der Waals surface area contributed by atoms with Crippen LogP contribution in [0.25, 0.3) is 0 Å². The monoisotopic (exact) mass is 452 g/mol. The van der Waals surface area contributed by atoms with Gasteiger partial charge in [-0.25, -0.2) is 8.42 Å². The number of hydrogen-bond donors (Lipinski definition) is 0. The summed E-state index contributed by atoms with van der Waals surface area (Å²) in [5.74, 6) is 0.505. The van der Waals surface area contributed by atoms with Gasteiger partial charge in [0.25, 0.3) is 0 Å². The van der Waals surface area contributed by atoms with Crippen LogP contribution in [-0.2, 0) is 10.0 Å². The second-order valence-electron chi connectivity index (χ2n) is 6.72. The van der Waals surface area contributed by atoms with Crippen molar-refractivity contribution in [2.45, 2.75) is 37.1 Å². The lowest BCUT2D eigenvalue weighted by molar-refractivity contribution is 0.351. The van der Waals surface area contributed by atoms with Crippen molar-refractivity contribution >= 4 is 37.3 Å². The molecule has 146 valence electrons. The fraction of sp³-hybridized carbons (Fsp3) is 0.400. The molecule has 0 amide bonds. The maximum absolute atomic E-state index is 13.4. The third-order valence-corrected chi connectivity index (χ3v) is 7.61. The van der Waals surface area contributed by atoms with E-state index in [0.29, 0.717) is 18.0 Å². The van der Waals surface area contributed by atoms with Gasteiger partial charge in [0.1, 0.15) is 10.6 Å². The quantitative estimate of drug-likeness (QED) is 0.654. The molecule has 5 nitrogen and oxygen atoms in total. The SMILES string of the molecule is CCCCC1CN(c2ccccc2)c2cc(Br)c(OC)cc2S(=O)(=O)N1C. The molecule has 3 rings (SSSR count). The van der Waals surface area contributed by atoms with E-state index in [1.807, 2.05) is 36.4 Å². The minimum atomic E-state index is -3.64. The number of rotatable bonds is 5. The van der Waals surface area contributed by atoms with E-state index in [2.05, 4.69) is 27.8 Å². The van der Waals surface area contributed by atoms with Crippen LogP contribution in [0.1, 0.15) is 26.2 Å². The molecule has 2 aromatic rings. The largest absolute Gasteiger partial charge is 0.496 e. The van der Waals surface area contributed by atoms with Crippen molar-refractivity contribution in [3.63, 3.8) is 0 Å². The molecule has 1 aliphatic rings. The highest BCUT2D eigenvalue weighted by Crippen LogP contribution is 2.42. The summed E-state index contributed by atoms with van der Waals surface area (Å²) in [6, 6.07) is 13.3. The molecule has 0 saturated heterocycles. The maximum Gasteiger partial charge on any atom is 0.245 e. The summed E-state index contributed by atoms with van der Waals surface area (Å²) in [6.45, 7) is 2.72. The van der Waals surface area contributed by atoms with E-state index in [4.69, 9.17) is 4.74 Å². The Balaban J connectivity index is 2.22. The number of nitrogens with zero attached hydrogens (tertiary/aromatic N) is 2. The van der Waals surface area contributed by atoms with Gasteiger partial charge in [-0.3, -0.25) is 0 Å². The van der Waals surface area contributed by atoms with Gasteiger partial charge in [0.15, 0.2) is 0 Å². The summed E-state index contributed by atoms with van der Waals surface area (Å²) in [5.41, 5.74) is 1.64. The van der Waals surface area contributed by atoms with Crippen molar-refractivity contribution in [1.29, 1.82) is 0 Å². The molecule has 1 atom stereocenters. The maximum atomic E-state index is 13.4. The summed E-state index contributed by atoms with van der Waals surface area (Å²) in [4.78, 5) is 2.37. The average Bonchev–Trinajstić information content (AvgIpc) is 2.74. The predicted octanol–water partition coefficient (Wildman–Crippen LogP) is 4.79. The molecule has 0 aromatic heterocycles. The van der Waals surface area contributed by atoms with Crippen LogP contribution in [0, 0.1) is 0 Å². The lowest BCUT2D eigenvalue weighted by atomic mass is 10.1. The number of likely N-dealkylation sites (N-methyl/N-ethyl adjacent to an activating group) is 1. The smallest absolute Gasteiger partial charge is 0.245 e. The Morgan fingerprint density at radius 2 is 1.93 bits per heavy atom. The van der Waals surface area contributed by atoms with Gasteiger partial charge in [0.2, 0.25) is 10.0 Å². The molecule has 0 radical (unpaired) electrons. The van der Waals surface area contributed by atoms with Gasteiger partial charge in [0, 0.05) is 31.4 Å². The second kappa shape index (κ2) is 8.20. The summed E-state index contributed by atoms with van der Waals surface area (Å²) >= 11 is 3.51. The molecule has 0 aliphatic carbocycles. The fourth-order valence-electron chi connectivity index (χ4n) is 3.44. The molecule has 2 aromatic carbocycles. The topological polar surface area (TPSA) is 49.9 Å². The minimum Gasteiger partial charge on any atom is -0.496 e. The number of para-hydroxylation sites is 1. The lowest BCUT2D eigenvalue weighted by Crippen LogP contribution is -2.40. The van der Waals surface area contributed by atoms with Crippen molar-refractivity contribution in [2.75, 3.05) is 25.6 Å². The standard InChI is InChI=1S/C20H25BrN2O3S/c1-4-5-9-16-14-23(15-10-7-6-8-11-15)18-12-17(21)19(26-3)13-20(18)27(24,25)22(16)2/h6-8,10-13,16H,4-5,9,14H2,1-3H3. The van der Waals surface area contributed by atoms with Crippen molar-refractivity contribution < 1.29 is 13.2 Å². The van der Waals surface area contributed by atoms with E-state index in [1.54, 1.807) is 20.2 Å². The van der Waals surface area contributed by atoms with Crippen LogP contribution in [0.3, 0.4) is 0 Å². The van der Waals surface area contributed by atoms with Crippen LogP contribution in [0.4, 0.5) is 11.4 Å². The number of methoxy groups -OCH3 is 1. The number of unbranched alkanes of at least 4 members (excludes halogenated alkanes) is 1. The number of halogens is 1. The zero-order valence-corrected chi connectivity index (χ0v) is 18.3. The van der Waals surface area contributed by atoms with Gasteiger partial charge >= 0.3 is 0 Å². The molecule has 7 heteroatoms. The van der Waals surface area contributed by atoms with E-state index in [-0.39, 0.29) is 10.9 Å². The summed E-state index contributed by atoms with van der Waals surface area (Å²) in [5, 5.41) is 0. The molecule has 0 saturated carbocycles. The normalized spacial score (nSPS) is 19.4. The Morgan fingerprint density at radius 1 is 1.22 bits per heavy atom. The molecule has 0 spiro atoms. The van der Waals surface area contributed by atoms with Crippen LogP contribution in [0.5, 0.6) is 5.75 Å². The number of ether oxygens (including phenoxy) is 1. The Morgan fingerprint density at radius 3 is 2.56 bits per heavy atom. The molecule has 1 aliphatic heterocycles. The third kappa shape index (κ3) is 3.86. The Hall–Kier alpha value is -1.57. The van der Waals surface area contributed by atoms with Gasteiger partial charge in [0.05, 0.1) is 17.3 Å². The summed E-state index contributed by atoms with van der Waals surface area (Å²) in [7, 11) is -0.413. The Bertz CT molecular complexity index is 903. The molecule has 0 N–H and O–H groups in total. The van der Waals surface area contributed by atoms with Crippen LogP contribution >= 0.6 is 15.9 Å². The van der Waals surface area contributed by atoms with E-state index in [9.17, 15) is 8.42 Å².